The fraction of sp³-hybridized carbons (Fsp3) is 0.0500. The van der Waals surface area contributed by atoms with Gasteiger partial charge in [-0.1, -0.05) is 42.5 Å². The molecule has 0 radical (unpaired) electrons. The van der Waals surface area contributed by atoms with E-state index in [1.54, 1.807) is 12.1 Å². The van der Waals surface area contributed by atoms with Crippen LogP contribution in [0.1, 0.15) is 11.1 Å². The number of non-ortho nitro benzene ring substituents is 1. The summed E-state index contributed by atoms with van der Waals surface area (Å²) in [6, 6.07) is 20.3. The number of hydrogen-bond acceptors (Lipinski definition) is 3. The summed E-state index contributed by atoms with van der Waals surface area (Å²) in [7, 11) is 0. The Morgan fingerprint density at radius 2 is 1.62 bits per heavy atom. The summed E-state index contributed by atoms with van der Waals surface area (Å²) in [6.45, 7) is 0. The van der Waals surface area contributed by atoms with E-state index in [1.807, 2.05) is 36.4 Å². The first-order chi connectivity index (χ1) is 12.6. The van der Waals surface area contributed by atoms with E-state index in [4.69, 9.17) is 0 Å². The molecule has 1 heterocycles. The SMILES string of the molecule is O=c1[nH][nH]c(-c2ccc([N+](=O)[O-])cc2)c1Cc1ccc2ccccc2c1. The fourth-order valence-electron chi connectivity index (χ4n) is 3.10. The van der Waals surface area contributed by atoms with E-state index in [0.717, 1.165) is 21.9 Å². The summed E-state index contributed by atoms with van der Waals surface area (Å²) in [6.07, 6.45) is 0.468. The van der Waals surface area contributed by atoms with Crippen molar-refractivity contribution in [3.63, 3.8) is 0 Å². The number of nitrogens with zero attached hydrogens (tertiary/aromatic N) is 1. The van der Waals surface area contributed by atoms with E-state index in [9.17, 15) is 14.9 Å². The highest BCUT2D eigenvalue weighted by Crippen LogP contribution is 2.25. The smallest absolute Gasteiger partial charge is 0.269 e. The van der Waals surface area contributed by atoms with E-state index in [0.29, 0.717) is 17.7 Å². The van der Waals surface area contributed by atoms with E-state index >= 15 is 0 Å². The van der Waals surface area contributed by atoms with Crippen molar-refractivity contribution in [1.29, 1.82) is 0 Å². The van der Waals surface area contributed by atoms with Crippen LogP contribution < -0.4 is 5.56 Å². The zero-order valence-electron chi connectivity index (χ0n) is 13.7. The van der Waals surface area contributed by atoms with E-state index in [1.165, 1.54) is 12.1 Å². The third kappa shape index (κ3) is 2.88. The number of aromatic nitrogens is 2. The minimum atomic E-state index is -0.445. The minimum absolute atomic E-state index is 0.0164. The van der Waals surface area contributed by atoms with Gasteiger partial charge in [-0.2, -0.15) is 0 Å². The normalized spacial score (nSPS) is 10.9. The van der Waals surface area contributed by atoms with Crippen molar-refractivity contribution in [1.82, 2.24) is 10.2 Å². The molecule has 0 aliphatic carbocycles. The lowest BCUT2D eigenvalue weighted by Gasteiger charge is -2.05. The molecule has 4 rings (SSSR count). The number of aromatic amines is 2. The molecule has 4 aromatic rings. The van der Waals surface area contributed by atoms with Crippen molar-refractivity contribution in [3.05, 3.63) is 98.3 Å². The van der Waals surface area contributed by atoms with Gasteiger partial charge >= 0.3 is 0 Å². The Morgan fingerprint density at radius 3 is 2.35 bits per heavy atom. The number of nitro benzene ring substituents is 1. The van der Waals surface area contributed by atoms with Crippen molar-refractivity contribution in [2.45, 2.75) is 6.42 Å². The van der Waals surface area contributed by atoms with Gasteiger partial charge in [0, 0.05) is 29.7 Å². The number of nitrogens with one attached hydrogen (secondary N) is 2. The molecule has 0 spiro atoms. The maximum Gasteiger partial charge on any atom is 0.269 e. The van der Waals surface area contributed by atoms with Gasteiger partial charge in [0.2, 0.25) is 0 Å². The van der Waals surface area contributed by atoms with Crippen LogP contribution in [0.2, 0.25) is 0 Å². The van der Waals surface area contributed by atoms with Crippen LogP contribution in [0.3, 0.4) is 0 Å². The van der Waals surface area contributed by atoms with Gasteiger partial charge in [-0.25, -0.2) is 0 Å². The Morgan fingerprint density at radius 1 is 0.885 bits per heavy atom. The number of H-pyrrole nitrogens is 2. The maximum absolute atomic E-state index is 12.3. The van der Waals surface area contributed by atoms with Crippen molar-refractivity contribution >= 4 is 16.5 Å². The molecule has 0 amide bonds. The maximum atomic E-state index is 12.3. The molecule has 3 aromatic carbocycles. The molecule has 26 heavy (non-hydrogen) atoms. The van der Waals surface area contributed by atoms with Crippen LogP contribution in [-0.2, 0) is 6.42 Å². The molecule has 0 aliphatic rings. The molecule has 0 aliphatic heterocycles. The van der Waals surface area contributed by atoms with Crippen molar-refractivity contribution < 1.29 is 4.92 Å². The summed E-state index contributed by atoms with van der Waals surface area (Å²) in [5.41, 5.74) is 2.84. The Kier molecular flexibility index (Phi) is 3.85. The number of nitro groups is 1. The zero-order valence-corrected chi connectivity index (χ0v) is 13.7. The van der Waals surface area contributed by atoms with Gasteiger partial charge in [-0.15, -0.1) is 0 Å². The Bertz CT molecular complexity index is 1160. The summed E-state index contributed by atoms with van der Waals surface area (Å²) in [5.74, 6) is 0. The van der Waals surface area contributed by atoms with Gasteiger partial charge in [-0.05, 0) is 28.5 Å². The lowest BCUT2D eigenvalue weighted by molar-refractivity contribution is -0.384. The monoisotopic (exact) mass is 345 g/mol. The molecular formula is C20H15N3O3. The largest absolute Gasteiger partial charge is 0.297 e. The third-order valence-electron chi connectivity index (χ3n) is 4.44. The van der Waals surface area contributed by atoms with Gasteiger partial charge < -0.3 is 0 Å². The highest BCUT2D eigenvalue weighted by atomic mass is 16.6. The predicted molar refractivity (Wildman–Crippen MR) is 100 cm³/mol. The highest BCUT2D eigenvalue weighted by molar-refractivity contribution is 5.83. The van der Waals surface area contributed by atoms with Crippen LogP contribution in [-0.4, -0.2) is 15.1 Å². The quantitative estimate of drug-likeness (QED) is 0.432. The lowest BCUT2D eigenvalue weighted by atomic mass is 9.99. The van der Waals surface area contributed by atoms with Gasteiger partial charge in [0.05, 0.1) is 10.6 Å². The second kappa shape index (κ2) is 6.33. The van der Waals surface area contributed by atoms with Crippen LogP contribution in [0.15, 0.2) is 71.5 Å². The number of benzene rings is 3. The van der Waals surface area contributed by atoms with Gasteiger partial charge in [-0.3, -0.25) is 25.1 Å². The lowest BCUT2D eigenvalue weighted by Crippen LogP contribution is -2.06. The van der Waals surface area contributed by atoms with Crippen LogP contribution >= 0.6 is 0 Å². The molecule has 1 aromatic heterocycles. The Balaban J connectivity index is 1.71. The number of rotatable bonds is 4. The topological polar surface area (TPSA) is 91.8 Å². The van der Waals surface area contributed by atoms with Crippen molar-refractivity contribution in [3.8, 4) is 11.3 Å². The molecular weight excluding hydrogens is 330 g/mol. The summed E-state index contributed by atoms with van der Waals surface area (Å²) >= 11 is 0. The fourth-order valence-corrected chi connectivity index (χ4v) is 3.10. The molecule has 0 bridgehead atoms. The summed E-state index contributed by atoms with van der Waals surface area (Å²) < 4.78 is 0. The molecule has 0 saturated heterocycles. The molecule has 0 saturated carbocycles. The highest BCUT2D eigenvalue weighted by Gasteiger charge is 2.14. The van der Waals surface area contributed by atoms with Crippen LogP contribution in [0.5, 0.6) is 0 Å². The van der Waals surface area contributed by atoms with Crippen LogP contribution in [0.4, 0.5) is 5.69 Å². The first-order valence-electron chi connectivity index (χ1n) is 8.14. The van der Waals surface area contributed by atoms with E-state index in [2.05, 4.69) is 16.3 Å². The van der Waals surface area contributed by atoms with Gasteiger partial charge in [0.15, 0.2) is 0 Å². The molecule has 128 valence electrons. The standard InChI is InChI=1S/C20H15N3O3/c24-20-18(12-13-5-6-14-3-1-2-4-16(14)11-13)19(21-22-20)15-7-9-17(10-8-15)23(25)26/h1-11H,12H2,(H2,21,22,24). The second-order valence-electron chi connectivity index (χ2n) is 6.09. The molecule has 6 nitrogen and oxygen atoms in total. The van der Waals surface area contributed by atoms with E-state index in [-0.39, 0.29) is 11.2 Å². The second-order valence-corrected chi connectivity index (χ2v) is 6.09. The average Bonchev–Trinajstić information content (AvgIpc) is 3.02. The average molecular weight is 345 g/mol. The molecule has 2 N–H and O–H groups in total. The number of hydrogen-bond donors (Lipinski definition) is 2. The van der Waals surface area contributed by atoms with Crippen molar-refractivity contribution in [2.75, 3.05) is 0 Å². The van der Waals surface area contributed by atoms with Crippen molar-refractivity contribution in [2.24, 2.45) is 0 Å². The van der Waals surface area contributed by atoms with Gasteiger partial charge in [0.25, 0.3) is 11.2 Å². The number of fused-ring (bicyclic) bond motifs is 1. The minimum Gasteiger partial charge on any atom is -0.297 e. The Hall–Kier alpha value is -3.67. The van der Waals surface area contributed by atoms with Gasteiger partial charge in [0.1, 0.15) is 0 Å². The summed E-state index contributed by atoms with van der Waals surface area (Å²) in [4.78, 5) is 22.6. The molecule has 0 atom stereocenters. The first kappa shape index (κ1) is 15.8. The van der Waals surface area contributed by atoms with Crippen LogP contribution in [0.25, 0.3) is 22.0 Å². The Labute approximate surface area is 148 Å². The molecule has 0 fully saturated rings. The molecule has 0 unspecified atom stereocenters. The zero-order chi connectivity index (χ0) is 18.1. The summed E-state index contributed by atoms with van der Waals surface area (Å²) in [5, 5.41) is 18.6. The molecule has 6 heteroatoms. The van der Waals surface area contributed by atoms with Crippen LogP contribution in [0, 0.1) is 10.1 Å². The predicted octanol–water partition coefficient (Wildman–Crippen LogP) is 4.02. The van der Waals surface area contributed by atoms with E-state index < -0.39 is 4.92 Å². The third-order valence-corrected chi connectivity index (χ3v) is 4.44. The first-order valence-corrected chi connectivity index (χ1v) is 8.14.